The average molecular weight is 410 g/mol. The molecule has 0 aromatic heterocycles. The summed E-state index contributed by atoms with van der Waals surface area (Å²) in [5.41, 5.74) is 2.76. The molecule has 0 saturated carbocycles. The number of carbonyl (C=O) groups excluding carboxylic acids is 2. The number of benzene rings is 3. The number of carbonyl (C=O) groups is 2. The summed E-state index contributed by atoms with van der Waals surface area (Å²) < 4.78 is 0. The number of fused-ring (bicyclic) bond motifs is 1. The van der Waals surface area contributed by atoms with Gasteiger partial charge < -0.3 is 0 Å². The number of likely N-dealkylation sites (tertiary alicyclic amines) is 1. The second-order valence-electron chi connectivity index (χ2n) is 7.72. The van der Waals surface area contributed by atoms with Crippen LogP contribution >= 0.6 is 0 Å². The van der Waals surface area contributed by atoms with E-state index in [1.54, 1.807) is 5.06 Å². The molecule has 0 bridgehead atoms. The van der Waals surface area contributed by atoms with E-state index in [1.807, 2.05) is 103 Å². The molecule has 0 spiro atoms. The van der Waals surface area contributed by atoms with E-state index >= 15 is 0 Å². The zero-order valence-corrected chi connectivity index (χ0v) is 16.9. The standard InChI is InChI=1S/C26H22N2O3/c29-25-23-22(17-16-19-10-4-1-5-11-19)28(21-14-8-3-9-15-21)31-24(23)26(30)27(25)18-20-12-6-2-7-13-20/h1-17,22-24H,18H2/b17-16+/t22-,23+,24-/m1/s1. The Balaban J connectivity index is 1.47. The smallest absolute Gasteiger partial charge is 0.262 e. The van der Waals surface area contributed by atoms with E-state index in [0.717, 1.165) is 16.8 Å². The van der Waals surface area contributed by atoms with Crippen LogP contribution in [0.5, 0.6) is 0 Å². The zero-order valence-electron chi connectivity index (χ0n) is 16.9. The van der Waals surface area contributed by atoms with Crippen LogP contribution in [-0.4, -0.2) is 28.9 Å². The molecule has 2 amide bonds. The molecule has 2 saturated heterocycles. The molecule has 5 nitrogen and oxygen atoms in total. The lowest BCUT2D eigenvalue weighted by atomic mass is 9.95. The van der Waals surface area contributed by atoms with Gasteiger partial charge in [0.15, 0.2) is 6.10 Å². The van der Waals surface area contributed by atoms with Crippen molar-refractivity contribution in [1.82, 2.24) is 4.90 Å². The predicted octanol–water partition coefficient (Wildman–Crippen LogP) is 4.07. The van der Waals surface area contributed by atoms with Crippen molar-refractivity contribution in [3.05, 3.63) is 108 Å². The minimum atomic E-state index is -0.818. The van der Waals surface area contributed by atoms with Crippen molar-refractivity contribution in [1.29, 1.82) is 0 Å². The van der Waals surface area contributed by atoms with E-state index in [2.05, 4.69) is 0 Å². The number of amides is 2. The molecular weight excluding hydrogens is 388 g/mol. The molecule has 5 heteroatoms. The minimum Gasteiger partial charge on any atom is -0.275 e. The molecule has 3 aromatic carbocycles. The number of hydroxylamine groups is 1. The normalized spacial score (nSPS) is 23.0. The number of anilines is 1. The number of para-hydroxylation sites is 1. The van der Waals surface area contributed by atoms with E-state index < -0.39 is 12.0 Å². The summed E-state index contributed by atoms with van der Waals surface area (Å²) in [6.45, 7) is 0.259. The van der Waals surface area contributed by atoms with Gasteiger partial charge in [-0.05, 0) is 23.3 Å². The fourth-order valence-corrected chi connectivity index (χ4v) is 4.20. The molecule has 0 radical (unpaired) electrons. The lowest BCUT2D eigenvalue weighted by Crippen LogP contribution is -2.39. The Kier molecular flexibility index (Phi) is 5.10. The molecule has 0 N–H and O–H groups in total. The number of rotatable bonds is 5. The summed E-state index contributed by atoms with van der Waals surface area (Å²) in [6, 6.07) is 28.6. The zero-order chi connectivity index (χ0) is 21.2. The molecule has 3 atom stereocenters. The van der Waals surface area contributed by atoms with Gasteiger partial charge in [0, 0.05) is 0 Å². The van der Waals surface area contributed by atoms with Crippen molar-refractivity contribution in [2.24, 2.45) is 5.92 Å². The average Bonchev–Trinajstić information content (AvgIpc) is 3.31. The number of hydrogen-bond donors (Lipinski definition) is 0. The maximum atomic E-state index is 13.4. The van der Waals surface area contributed by atoms with E-state index in [0.29, 0.717) is 0 Å². The van der Waals surface area contributed by atoms with Crippen molar-refractivity contribution < 1.29 is 14.4 Å². The second kappa shape index (κ2) is 8.20. The fraction of sp³-hybridized carbons (Fsp3) is 0.154. The van der Waals surface area contributed by atoms with E-state index in [4.69, 9.17) is 4.84 Å². The lowest BCUT2D eigenvalue weighted by Gasteiger charge is -2.26. The van der Waals surface area contributed by atoms with Crippen LogP contribution in [0.15, 0.2) is 97.1 Å². The Bertz CT molecular complexity index is 1100. The predicted molar refractivity (Wildman–Crippen MR) is 119 cm³/mol. The minimum absolute atomic E-state index is 0.194. The third-order valence-corrected chi connectivity index (χ3v) is 5.73. The molecule has 2 fully saturated rings. The lowest BCUT2D eigenvalue weighted by molar-refractivity contribution is -0.143. The number of nitrogens with zero attached hydrogens (tertiary/aromatic N) is 2. The van der Waals surface area contributed by atoms with Crippen molar-refractivity contribution >= 4 is 23.6 Å². The fourth-order valence-electron chi connectivity index (χ4n) is 4.20. The van der Waals surface area contributed by atoms with Gasteiger partial charge in [-0.25, -0.2) is 5.06 Å². The first-order chi connectivity index (χ1) is 15.2. The van der Waals surface area contributed by atoms with Crippen molar-refractivity contribution in [2.75, 3.05) is 5.06 Å². The van der Waals surface area contributed by atoms with E-state index in [1.165, 1.54) is 4.90 Å². The highest BCUT2D eigenvalue weighted by atomic mass is 16.7. The van der Waals surface area contributed by atoms with Crippen LogP contribution in [0, 0.1) is 5.92 Å². The van der Waals surface area contributed by atoms with Crippen molar-refractivity contribution in [3.63, 3.8) is 0 Å². The quantitative estimate of drug-likeness (QED) is 0.595. The summed E-state index contributed by atoms with van der Waals surface area (Å²) >= 11 is 0. The summed E-state index contributed by atoms with van der Waals surface area (Å²) in [7, 11) is 0. The Morgan fingerprint density at radius 3 is 2.06 bits per heavy atom. The van der Waals surface area contributed by atoms with Gasteiger partial charge in [-0.1, -0.05) is 91.0 Å². The van der Waals surface area contributed by atoms with Crippen molar-refractivity contribution in [2.45, 2.75) is 18.7 Å². The summed E-state index contributed by atoms with van der Waals surface area (Å²) in [5.74, 6) is -1.06. The van der Waals surface area contributed by atoms with Gasteiger partial charge in [0.05, 0.1) is 18.3 Å². The maximum absolute atomic E-state index is 13.4. The van der Waals surface area contributed by atoms with Crippen LogP contribution in [0.4, 0.5) is 5.69 Å². The van der Waals surface area contributed by atoms with Gasteiger partial charge in [0.2, 0.25) is 5.91 Å². The van der Waals surface area contributed by atoms with Crippen molar-refractivity contribution in [3.8, 4) is 0 Å². The molecule has 154 valence electrons. The SMILES string of the molecule is O=C1[C@H]2[C@@H](/C=C/c3ccccc3)N(c3ccccc3)O[C@H]2C(=O)N1Cc1ccccc1. The molecule has 31 heavy (non-hydrogen) atoms. The Morgan fingerprint density at radius 2 is 1.39 bits per heavy atom. The first-order valence-electron chi connectivity index (χ1n) is 10.4. The second-order valence-corrected chi connectivity index (χ2v) is 7.72. The van der Waals surface area contributed by atoms with Gasteiger partial charge >= 0.3 is 0 Å². The Morgan fingerprint density at radius 1 is 0.774 bits per heavy atom. The van der Waals surface area contributed by atoms with E-state index in [9.17, 15) is 9.59 Å². The Hall–Kier alpha value is -3.70. The summed E-state index contributed by atoms with van der Waals surface area (Å²) in [4.78, 5) is 33.9. The molecule has 2 aliphatic rings. The maximum Gasteiger partial charge on any atom is 0.262 e. The van der Waals surface area contributed by atoms with Crippen LogP contribution in [0.1, 0.15) is 11.1 Å². The monoisotopic (exact) mass is 410 g/mol. The van der Waals surface area contributed by atoms with Gasteiger partial charge in [-0.3, -0.25) is 19.3 Å². The van der Waals surface area contributed by atoms with Gasteiger partial charge in [0.25, 0.3) is 5.91 Å². The van der Waals surface area contributed by atoms with Crippen LogP contribution in [0.2, 0.25) is 0 Å². The largest absolute Gasteiger partial charge is 0.275 e. The van der Waals surface area contributed by atoms with Crippen LogP contribution in [0.25, 0.3) is 6.08 Å². The van der Waals surface area contributed by atoms with Crippen LogP contribution in [0.3, 0.4) is 0 Å². The first kappa shape index (κ1) is 19.3. The molecule has 3 aromatic rings. The van der Waals surface area contributed by atoms with Gasteiger partial charge in [-0.15, -0.1) is 0 Å². The molecule has 0 aliphatic carbocycles. The molecule has 0 unspecified atom stereocenters. The molecule has 5 rings (SSSR count). The number of hydrogen-bond acceptors (Lipinski definition) is 4. The molecular formula is C26H22N2O3. The van der Waals surface area contributed by atoms with Gasteiger partial charge in [-0.2, -0.15) is 0 Å². The van der Waals surface area contributed by atoms with Crippen LogP contribution < -0.4 is 5.06 Å². The highest BCUT2D eigenvalue weighted by Gasteiger charge is 2.58. The molecule has 2 heterocycles. The highest BCUT2D eigenvalue weighted by Crippen LogP contribution is 2.39. The topological polar surface area (TPSA) is 49.9 Å². The third-order valence-electron chi connectivity index (χ3n) is 5.73. The molecule has 2 aliphatic heterocycles. The third kappa shape index (κ3) is 3.64. The Labute approximate surface area is 181 Å². The first-order valence-corrected chi connectivity index (χ1v) is 10.4. The van der Waals surface area contributed by atoms with E-state index in [-0.39, 0.29) is 24.4 Å². The van der Waals surface area contributed by atoms with Gasteiger partial charge in [0.1, 0.15) is 5.92 Å². The highest BCUT2D eigenvalue weighted by molar-refractivity contribution is 6.07. The number of imide groups is 1. The summed E-state index contributed by atoms with van der Waals surface area (Å²) in [5, 5.41) is 1.70. The van der Waals surface area contributed by atoms with Crippen LogP contribution in [-0.2, 0) is 21.0 Å². The summed E-state index contributed by atoms with van der Waals surface area (Å²) in [6.07, 6.45) is 3.12.